The molecule has 3 aromatic heterocycles. The molecule has 0 aliphatic heterocycles. The minimum atomic E-state index is -3.21. The highest BCUT2D eigenvalue weighted by Gasteiger charge is 2.28. The smallest absolute Gasteiger partial charge is 0.291 e. The Kier molecular flexibility index (Phi) is 7.25. The SMILES string of the molecule is O=C(Nc1cnn(Cc2c(F)cc(F)c(F)c2F)c1)c1ccc(Cn2nc(C(F)F)c(Cl)c2C(F)F)o1. The molecule has 0 unspecified atom stereocenters. The van der Waals surface area contributed by atoms with Gasteiger partial charge >= 0.3 is 0 Å². The Bertz CT molecular complexity index is 1470. The predicted octanol–water partition coefficient (Wildman–Crippen LogP) is 6.11. The summed E-state index contributed by atoms with van der Waals surface area (Å²) in [6.07, 6.45) is -4.19. The molecule has 37 heavy (non-hydrogen) atoms. The number of nitrogens with one attached hydrogen (secondary N) is 1. The van der Waals surface area contributed by atoms with E-state index in [1.807, 2.05) is 0 Å². The maximum absolute atomic E-state index is 13.9. The number of carbonyl (C=O) groups excluding carboxylic acids is 1. The van der Waals surface area contributed by atoms with E-state index in [2.05, 4.69) is 15.5 Å². The van der Waals surface area contributed by atoms with Gasteiger partial charge in [-0.05, 0) is 12.1 Å². The molecule has 0 aliphatic rings. The van der Waals surface area contributed by atoms with Gasteiger partial charge in [0.1, 0.15) is 23.0 Å². The van der Waals surface area contributed by atoms with Crippen molar-refractivity contribution in [3.8, 4) is 0 Å². The molecular weight excluding hydrogens is 542 g/mol. The van der Waals surface area contributed by atoms with Crippen molar-refractivity contribution in [1.82, 2.24) is 19.6 Å². The lowest BCUT2D eigenvalue weighted by Crippen LogP contribution is -2.11. The zero-order valence-corrected chi connectivity index (χ0v) is 18.7. The van der Waals surface area contributed by atoms with Gasteiger partial charge in [0.15, 0.2) is 23.2 Å². The van der Waals surface area contributed by atoms with Crippen LogP contribution in [0.3, 0.4) is 0 Å². The molecule has 4 aromatic rings. The lowest BCUT2D eigenvalue weighted by atomic mass is 10.2. The first kappa shape index (κ1) is 26.2. The van der Waals surface area contributed by atoms with Crippen molar-refractivity contribution >= 4 is 23.2 Å². The number of amides is 1. The Labute approximate surface area is 206 Å². The van der Waals surface area contributed by atoms with Crippen molar-refractivity contribution in [3.63, 3.8) is 0 Å². The van der Waals surface area contributed by atoms with Gasteiger partial charge < -0.3 is 9.73 Å². The molecule has 3 heterocycles. The third-order valence-corrected chi connectivity index (χ3v) is 5.37. The van der Waals surface area contributed by atoms with E-state index in [1.54, 1.807) is 0 Å². The molecular formula is C21H12ClF8N5O2. The van der Waals surface area contributed by atoms with Gasteiger partial charge in [0.05, 0.1) is 30.0 Å². The Morgan fingerprint density at radius 2 is 1.76 bits per heavy atom. The highest BCUT2D eigenvalue weighted by molar-refractivity contribution is 6.32. The summed E-state index contributed by atoms with van der Waals surface area (Å²) in [6.45, 7) is -1.17. The average Bonchev–Trinajstić information content (AvgIpc) is 3.54. The van der Waals surface area contributed by atoms with Gasteiger partial charge in [-0.15, -0.1) is 0 Å². The number of hydrogen-bond acceptors (Lipinski definition) is 4. The fourth-order valence-electron chi connectivity index (χ4n) is 3.29. The summed E-state index contributed by atoms with van der Waals surface area (Å²) in [7, 11) is 0. The second kappa shape index (κ2) is 10.2. The molecule has 16 heteroatoms. The number of furan rings is 1. The predicted molar refractivity (Wildman–Crippen MR) is 111 cm³/mol. The van der Waals surface area contributed by atoms with E-state index in [-0.39, 0.29) is 23.3 Å². The lowest BCUT2D eigenvalue weighted by Gasteiger charge is -2.07. The van der Waals surface area contributed by atoms with Gasteiger partial charge in [-0.1, -0.05) is 11.6 Å². The largest absolute Gasteiger partial charge is 0.454 e. The molecule has 196 valence electrons. The first-order valence-corrected chi connectivity index (χ1v) is 10.4. The minimum Gasteiger partial charge on any atom is -0.454 e. The van der Waals surface area contributed by atoms with Crippen LogP contribution in [0.15, 0.2) is 35.0 Å². The summed E-state index contributed by atoms with van der Waals surface area (Å²) in [4.78, 5) is 12.4. The minimum absolute atomic E-state index is 0.0202. The highest BCUT2D eigenvalue weighted by Crippen LogP contribution is 2.35. The standard InChI is InChI=1S/C21H12ClF8N5O2/c22-14-17(19(27)28)33-35(18(14)20(29)30)6-9-1-2-13(37-9)21(36)32-8-4-31-34(5-8)7-10-11(23)3-12(24)16(26)15(10)25/h1-5,19-20H,6-7H2,(H,32,36). The van der Waals surface area contributed by atoms with Crippen molar-refractivity contribution in [1.29, 1.82) is 0 Å². The molecule has 0 radical (unpaired) electrons. The highest BCUT2D eigenvalue weighted by atomic mass is 35.5. The average molecular weight is 554 g/mol. The number of nitrogens with zero attached hydrogens (tertiary/aromatic N) is 4. The van der Waals surface area contributed by atoms with Crippen LogP contribution in [0, 0.1) is 23.3 Å². The Morgan fingerprint density at radius 3 is 2.43 bits per heavy atom. The molecule has 1 amide bonds. The van der Waals surface area contributed by atoms with E-state index in [4.69, 9.17) is 16.0 Å². The molecule has 1 N–H and O–H groups in total. The lowest BCUT2D eigenvalue weighted by molar-refractivity contribution is 0.0994. The monoisotopic (exact) mass is 553 g/mol. The van der Waals surface area contributed by atoms with Crippen LogP contribution >= 0.6 is 11.6 Å². The maximum Gasteiger partial charge on any atom is 0.291 e. The molecule has 0 saturated carbocycles. The van der Waals surface area contributed by atoms with Crippen LogP contribution in [0.4, 0.5) is 40.8 Å². The molecule has 0 saturated heterocycles. The van der Waals surface area contributed by atoms with Crippen LogP contribution < -0.4 is 5.32 Å². The van der Waals surface area contributed by atoms with Gasteiger partial charge in [0, 0.05) is 17.8 Å². The van der Waals surface area contributed by atoms with Gasteiger partial charge in [0.25, 0.3) is 18.8 Å². The summed E-state index contributed by atoms with van der Waals surface area (Å²) in [5.74, 6) is -7.87. The molecule has 0 spiro atoms. The molecule has 1 aromatic carbocycles. The third-order valence-electron chi connectivity index (χ3n) is 4.98. The molecule has 4 rings (SSSR count). The summed E-state index contributed by atoms with van der Waals surface area (Å²) in [5.41, 5.74) is -2.75. The number of alkyl halides is 4. The molecule has 0 fully saturated rings. The number of rotatable bonds is 8. The summed E-state index contributed by atoms with van der Waals surface area (Å²) in [5, 5.41) is 8.63. The third kappa shape index (κ3) is 5.30. The van der Waals surface area contributed by atoms with Crippen molar-refractivity contribution < 1.29 is 44.3 Å². The van der Waals surface area contributed by atoms with E-state index in [1.165, 1.54) is 12.1 Å². The number of benzene rings is 1. The Hall–Kier alpha value is -3.88. The number of halogens is 9. The normalized spacial score (nSPS) is 11.6. The molecule has 0 aliphatic carbocycles. The second-order valence-electron chi connectivity index (χ2n) is 7.44. The fraction of sp³-hybridized carbons (Fsp3) is 0.190. The fourth-order valence-corrected chi connectivity index (χ4v) is 3.59. The van der Waals surface area contributed by atoms with E-state index < -0.39 is 77.1 Å². The van der Waals surface area contributed by atoms with Crippen LogP contribution in [-0.4, -0.2) is 25.5 Å². The Balaban J connectivity index is 1.46. The van der Waals surface area contributed by atoms with E-state index >= 15 is 0 Å². The van der Waals surface area contributed by atoms with Crippen LogP contribution in [0.2, 0.25) is 5.02 Å². The van der Waals surface area contributed by atoms with Gasteiger partial charge in [-0.3, -0.25) is 14.2 Å². The molecule has 7 nitrogen and oxygen atoms in total. The first-order chi connectivity index (χ1) is 17.5. The van der Waals surface area contributed by atoms with Crippen LogP contribution in [0.1, 0.15) is 46.1 Å². The number of aromatic nitrogens is 4. The zero-order chi connectivity index (χ0) is 27.0. The number of carbonyl (C=O) groups is 1. The van der Waals surface area contributed by atoms with Gasteiger partial charge in [0.2, 0.25) is 0 Å². The molecule has 0 bridgehead atoms. The zero-order valence-electron chi connectivity index (χ0n) is 18.0. The van der Waals surface area contributed by atoms with Crippen molar-refractivity contribution in [3.05, 3.63) is 87.4 Å². The van der Waals surface area contributed by atoms with Crippen LogP contribution in [0.25, 0.3) is 0 Å². The summed E-state index contributed by atoms with van der Waals surface area (Å²) in [6, 6.07) is 2.58. The van der Waals surface area contributed by atoms with Crippen molar-refractivity contribution in [2.75, 3.05) is 5.32 Å². The van der Waals surface area contributed by atoms with Crippen LogP contribution in [0.5, 0.6) is 0 Å². The summed E-state index contributed by atoms with van der Waals surface area (Å²) < 4.78 is 114. The second-order valence-corrected chi connectivity index (χ2v) is 7.81. The number of hydrogen-bond donors (Lipinski definition) is 1. The van der Waals surface area contributed by atoms with E-state index in [0.717, 1.165) is 17.1 Å². The van der Waals surface area contributed by atoms with Gasteiger partial charge in [-0.25, -0.2) is 35.1 Å². The van der Waals surface area contributed by atoms with E-state index in [9.17, 15) is 39.9 Å². The summed E-state index contributed by atoms with van der Waals surface area (Å²) >= 11 is 5.59. The maximum atomic E-state index is 13.9. The van der Waals surface area contributed by atoms with Crippen molar-refractivity contribution in [2.45, 2.75) is 25.9 Å². The van der Waals surface area contributed by atoms with Crippen LogP contribution in [-0.2, 0) is 13.1 Å². The first-order valence-electron chi connectivity index (χ1n) is 10.0. The van der Waals surface area contributed by atoms with Crippen molar-refractivity contribution in [2.24, 2.45) is 0 Å². The van der Waals surface area contributed by atoms with E-state index in [0.29, 0.717) is 4.68 Å². The molecule has 0 atom stereocenters. The Morgan fingerprint density at radius 1 is 1.03 bits per heavy atom. The van der Waals surface area contributed by atoms with Gasteiger partial charge in [-0.2, -0.15) is 10.2 Å². The number of anilines is 1. The quantitative estimate of drug-likeness (QED) is 0.162. The topological polar surface area (TPSA) is 77.9 Å².